The van der Waals surface area contributed by atoms with Crippen molar-refractivity contribution in [1.29, 1.82) is 10.5 Å². The molecule has 2 unspecified atom stereocenters. The maximum Gasteiger partial charge on any atom is 0.327 e. The third kappa shape index (κ3) is 9.46. The summed E-state index contributed by atoms with van der Waals surface area (Å²) in [6.07, 6.45) is 7.85. The maximum atomic E-state index is 12.1. The molecule has 6 nitrogen and oxygen atoms in total. The van der Waals surface area contributed by atoms with Gasteiger partial charge in [-0.05, 0) is 24.0 Å². The first-order valence-electron chi connectivity index (χ1n) is 11.9. The van der Waals surface area contributed by atoms with Gasteiger partial charge in [0, 0.05) is 0 Å². The van der Waals surface area contributed by atoms with Crippen LogP contribution in [0.4, 0.5) is 0 Å². The van der Waals surface area contributed by atoms with E-state index in [0.29, 0.717) is 24.3 Å². The molecule has 0 fully saturated rings. The van der Waals surface area contributed by atoms with Crippen molar-refractivity contribution in [2.75, 3.05) is 13.2 Å². The standard InChI is InChI=1S/C28H32N2O4/c29-21-25(23-15-9-7-10-16-23)27(31)33-19-13-5-3-1-2-4-6-14-20-34-28(32)26(22-30)24-17-11-8-12-18-24/h7-12,15-18,25-26H,1-6,13-14,19-20H2. The minimum atomic E-state index is -0.871. The van der Waals surface area contributed by atoms with Crippen molar-refractivity contribution in [3.05, 3.63) is 71.8 Å². The van der Waals surface area contributed by atoms with E-state index >= 15 is 0 Å². The average molecular weight is 461 g/mol. The van der Waals surface area contributed by atoms with Crippen LogP contribution in [0, 0.1) is 22.7 Å². The Bertz CT molecular complexity index is 868. The number of nitrogens with zero attached hydrogens (tertiary/aromatic N) is 2. The molecular formula is C28H32N2O4. The van der Waals surface area contributed by atoms with Gasteiger partial charge in [-0.2, -0.15) is 10.5 Å². The molecule has 0 aliphatic carbocycles. The van der Waals surface area contributed by atoms with Crippen molar-refractivity contribution in [3.63, 3.8) is 0 Å². The van der Waals surface area contributed by atoms with Crippen LogP contribution >= 0.6 is 0 Å². The number of benzene rings is 2. The molecule has 2 aromatic rings. The lowest BCUT2D eigenvalue weighted by Gasteiger charge is -2.10. The molecule has 2 rings (SSSR count). The molecule has 0 radical (unpaired) electrons. The van der Waals surface area contributed by atoms with E-state index in [1.54, 1.807) is 48.5 Å². The zero-order valence-corrected chi connectivity index (χ0v) is 19.5. The zero-order valence-electron chi connectivity index (χ0n) is 19.5. The summed E-state index contributed by atoms with van der Waals surface area (Å²) >= 11 is 0. The van der Waals surface area contributed by atoms with Crippen molar-refractivity contribution >= 4 is 11.9 Å². The Kier molecular flexibility index (Phi) is 12.6. The normalized spacial score (nSPS) is 12.1. The number of hydrogen-bond acceptors (Lipinski definition) is 6. The summed E-state index contributed by atoms with van der Waals surface area (Å²) < 4.78 is 10.5. The molecule has 0 N–H and O–H groups in total. The lowest BCUT2D eigenvalue weighted by atomic mass is 10.0. The van der Waals surface area contributed by atoms with E-state index in [4.69, 9.17) is 9.47 Å². The van der Waals surface area contributed by atoms with Gasteiger partial charge in [0.2, 0.25) is 0 Å². The molecule has 0 aliphatic rings. The molecule has 0 saturated heterocycles. The SMILES string of the molecule is N#CC(C(=O)OCCCCCCCCCCOC(=O)C(C#N)c1ccccc1)c1ccccc1. The summed E-state index contributed by atoms with van der Waals surface area (Å²) in [4.78, 5) is 24.2. The third-order valence-corrected chi connectivity index (χ3v) is 5.52. The predicted molar refractivity (Wildman–Crippen MR) is 128 cm³/mol. The summed E-state index contributed by atoms with van der Waals surface area (Å²) in [7, 11) is 0. The molecular weight excluding hydrogens is 428 g/mol. The highest BCUT2D eigenvalue weighted by Crippen LogP contribution is 2.18. The maximum absolute atomic E-state index is 12.1. The van der Waals surface area contributed by atoms with Gasteiger partial charge in [-0.25, -0.2) is 0 Å². The van der Waals surface area contributed by atoms with Crippen LogP contribution in [0.5, 0.6) is 0 Å². The van der Waals surface area contributed by atoms with Crippen LogP contribution in [-0.4, -0.2) is 25.2 Å². The zero-order chi connectivity index (χ0) is 24.4. The van der Waals surface area contributed by atoms with Gasteiger partial charge < -0.3 is 9.47 Å². The summed E-state index contributed by atoms with van der Waals surface area (Å²) in [6.45, 7) is 0.670. The molecule has 178 valence electrons. The molecule has 0 amide bonds. The number of rotatable bonds is 15. The Morgan fingerprint density at radius 2 is 0.912 bits per heavy atom. The fraction of sp³-hybridized carbons (Fsp3) is 0.429. The lowest BCUT2D eigenvalue weighted by Crippen LogP contribution is -2.15. The summed E-state index contributed by atoms with van der Waals surface area (Å²) in [5, 5.41) is 18.5. The third-order valence-electron chi connectivity index (χ3n) is 5.52. The van der Waals surface area contributed by atoms with Crippen molar-refractivity contribution < 1.29 is 19.1 Å². The fourth-order valence-corrected chi connectivity index (χ4v) is 3.59. The topological polar surface area (TPSA) is 100 Å². The van der Waals surface area contributed by atoms with Crippen LogP contribution in [0.2, 0.25) is 0 Å². The first kappa shape index (κ1) is 26.6. The van der Waals surface area contributed by atoms with Gasteiger partial charge in [-0.1, -0.05) is 99.2 Å². The second-order valence-electron chi connectivity index (χ2n) is 8.11. The van der Waals surface area contributed by atoms with Crippen molar-refractivity contribution in [3.8, 4) is 12.1 Å². The number of nitriles is 2. The Balaban J connectivity index is 1.45. The Hall–Kier alpha value is -3.64. The smallest absolute Gasteiger partial charge is 0.327 e. The van der Waals surface area contributed by atoms with E-state index in [9.17, 15) is 20.1 Å². The Morgan fingerprint density at radius 3 is 1.24 bits per heavy atom. The first-order chi connectivity index (χ1) is 16.7. The number of unbranched alkanes of at least 4 members (excludes halogenated alkanes) is 7. The van der Waals surface area contributed by atoms with Gasteiger partial charge in [0.1, 0.15) is 0 Å². The van der Waals surface area contributed by atoms with Gasteiger partial charge in [-0.15, -0.1) is 0 Å². The second-order valence-corrected chi connectivity index (χ2v) is 8.11. The van der Waals surface area contributed by atoms with Gasteiger partial charge >= 0.3 is 11.9 Å². The van der Waals surface area contributed by atoms with Crippen LogP contribution in [0.15, 0.2) is 60.7 Å². The van der Waals surface area contributed by atoms with Crippen LogP contribution in [0.3, 0.4) is 0 Å². The number of hydrogen-bond donors (Lipinski definition) is 0. The molecule has 0 spiro atoms. The highest BCUT2D eigenvalue weighted by Gasteiger charge is 2.22. The molecule has 6 heteroatoms. The molecule has 34 heavy (non-hydrogen) atoms. The van der Waals surface area contributed by atoms with Crippen LogP contribution < -0.4 is 0 Å². The Labute approximate surface area is 202 Å². The molecule has 2 aromatic carbocycles. The highest BCUT2D eigenvalue weighted by molar-refractivity contribution is 5.81. The van der Waals surface area contributed by atoms with E-state index in [-0.39, 0.29) is 0 Å². The molecule has 0 bridgehead atoms. The van der Waals surface area contributed by atoms with Crippen molar-refractivity contribution in [2.45, 2.75) is 63.2 Å². The highest BCUT2D eigenvalue weighted by atomic mass is 16.5. The van der Waals surface area contributed by atoms with Gasteiger partial charge in [-0.3, -0.25) is 9.59 Å². The molecule has 2 atom stereocenters. The van der Waals surface area contributed by atoms with E-state index in [1.807, 2.05) is 24.3 Å². The fourth-order valence-electron chi connectivity index (χ4n) is 3.59. The quantitative estimate of drug-likeness (QED) is 0.246. The lowest BCUT2D eigenvalue weighted by molar-refractivity contribution is -0.145. The number of ether oxygens (including phenoxy) is 2. The number of esters is 2. The minimum Gasteiger partial charge on any atom is -0.464 e. The van der Waals surface area contributed by atoms with Gasteiger partial charge in [0.25, 0.3) is 0 Å². The second kappa shape index (κ2) is 16.0. The first-order valence-corrected chi connectivity index (χ1v) is 11.9. The van der Waals surface area contributed by atoms with E-state index < -0.39 is 23.8 Å². The van der Waals surface area contributed by atoms with E-state index in [2.05, 4.69) is 0 Å². The van der Waals surface area contributed by atoms with Crippen LogP contribution in [0.25, 0.3) is 0 Å². The molecule has 0 aliphatic heterocycles. The molecule has 0 aromatic heterocycles. The molecule has 0 heterocycles. The average Bonchev–Trinajstić information content (AvgIpc) is 2.87. The van der Waals surface area contributed by atoms with Crippen molar-refractivity contribution in [2.24, 2.45) is 0 Å². The minimum absolute atomic E-state index is 0.335. The monoisotopic (exact) mass is 460 g/mol. The summed E-state index contributed by atoms with van der Waals surface area (Å²) in [5.41, 5.74) is 1.32. The predicted octanol–water partition coefficient (Wildman–Crippen LogP) is 5.81. The van der Waals surface area contributed by atoms with Gasteiger partial charge in [0.05, 0.1) is 25.4 Å². The number of carbonyl (C=O) groups excluding carboxylic acids is 2. The van der Waals surface area contributed by atoms with Crippen LogP contribution in [-0.2, 0) is 19.1 Å². The summed E-state index contributed by atoms with van der Waals surface area (Å²) in [6, 6.07) is 21.9. The Morgan fingerprint density at radius 1 is 0.588 bits per heavy atom. The summed E-state index contributed by atoms with van der Waals surface area (Å²) in [5.74, 6) is -2.72. The molecule has 0 saturated carbocycles. The van der Waals surface area contributed by atoms with Crippen molar-refractivity contribution in [1.82, 2.24) is 0 Å². The van der Waals surface area contributed by atoms with E-state index in [0.717, 1.165) is 51.4 Å². The van der Waals surface area contributed by atoms with Crippen LogP contribution in [0.1, 0.15) is 74.3 Å². The number of carbonyl (C=O) groups is 2. The largest absolute Gasteiger partial charge is 0.464 e. The van der Waals surface area contributed by atoms with E-state index in [1.165, 1.54) is 0 Å². The van der Waals surface area contributed by atoms with Gasteiger partial charge in [0.15, 0.2) is 11.8 Å².